The predicted molar refractivity (Wildman–Crippen MR) is 78.1 cm³/mol. The van der Waals surface area contributed by atoms with E-state index < -0.39 is 5.54 Å². The summed E-state index contributed by atoms with van der Waals surface area (Å²) in [4.78, 5) is 14.7. The molecule has 0 radical (unpaired) electrons. The lowest BCUT2D eigenvalue weighted by molar-refractivity contribution is -0.153. The first-order valence-electron chi connectivity index (χ1n) is 7.64. The zero-order chi connectivity index (χ0) is 14.5. The molecule has 0 aliphatic heterocycles. The van der Waals surface area contributed by atoms with Crippen molar-refractivity contribution in [2.24, 2.45) is 5.92 Å². The Balaban J connectivity index is 2.86. The van der Waals surface area contributed by atoms with E-state index in [1.165, 1.54) is 0 Å². The van der Waals surface area contributed by atoms with Crippen LogP contribution in [-0.4, -0.2) is 49.2 Å². The van der Waals surface area contributed by atoms with Crippen molar-refractivity contribution in [3.05, 3.63) is 0 Å². The lowest BCUT2D eigenvalue weighted by atomic mass is 9.91. The summed E-state index contributed by atoms with van der Waals surface area (Å²) in [5, 5.41) is 3.44. The Morgan fingerprint density at radius 3 is 2.47 bits per heavy atom. The van der Waals surface area contributed by atoms with Crippen LogP contribution in [0.3, 0.4) is 0 Å². The Bertz CT molecular complexity index is 292. The molecular weight excluding hydrogens is 240 g/mol. The molecule has 0 aromatic rings. The molecule has 1 N–H and O–H groups in total. The number of hydrogen-bond donors (Lipinski definition) is 1. The summed E-state index contributed by atoms with van der Waals surface area (Å²) in [5.74, 6) is 0.354. The fraction of sp³-hybridized carbons (Fsp3) is 0.933. The van der Waals surface area contributed by atoms with E-state index in [1.807, 2.05) is 6.92 Å². The number of ether oxygens (including phenoxy) is 1. The van der Waals surface area contributed by atoms with Gasteiger partial charge in [-0.25, -0.2) is 4.79 Å². The van der Waals surface area contributed by atoms with Gasteiger partial charge < -0.3 is 15.0 Å². The van der Waals surface area contributed by atoms with Gasteiger partial charge in [0.1, 0.15) is 5.54 Å². The monoisotopic (exact) mass is 270 g/mol. The quantitative estimate of drug-likeness (QED) is 0.651. The van der Waals surface area contributed by atoms with Crippen molar-refractivity contribution >= 4 is 5.97 Å². The van der Waals surface area contributed by atoms with Crippen molar-refractivity contribution in [2.45, 2.75) is 58.5 Å². The van der Waals surface area contributed by atoms with Crippen LogP contribution < -0.4 is 5.32 Å². The van der Waals surface area contributed by atoms with Crippen LogP contribution in [-0.2, 0) is 9.53 Å². The van der Waals surface area contributed by atoms with E-state index in [9.17, 15) is 4.79 Å². The lowest BCUT2D eigenvalue weighted by Crippen LogP contribution is -2.61. The van der Waals surface area contributed by atoms with Gasteiger partial charge in [-0.3, -0.25) is 0 Å². The van der Waals surface area contributed by atoms with Crippen LogP contribution in [0, 0.1) is 5.92 Å². The molecule has 4 nitrogen and oxygen atoms in total. The van der Waals surface area contributed by atoms with Gasteiger partial charge in [-0.2, -0.15) is 0 Å². The highest BCUT2D eigenvalue weighted by molar-refractivity contribution is 5.82. The molecule has 112 valence electrons. The van der Waals surface area contributed by atoms with Gasteiger partial charge >= 0.3 is 5.97 Å². The van der Waals surface area contributed by atoms with E-state index in [0.29, 0.717) is 18.6 Å². The van der Waals surface area contributed by atoms with Crippen LogP contribution in [0.2, 0.25) is 0 Å². The number of hydrogen-bond acceptors (Lipinski definition) is 4. The van der Waals surface area contributed by atoms with E-state index in [4.69, 9.17) is 4.74 Å². The molecule has 0 aromatic heterocycles. The summed E-state index contributed by atoms with van der Waals surface area (Å²) < 4.78 is 5.35. The normalized spacial score (nSPS) is 20.1. The second kappa shape index (κ2) is 7.25. The van der Waals surface area contributed by atoms with Gasteiger partial charge in [-0.15, -0.1) is 0 Å². The van der Waals surface area contributed by atoms with E-state index in [-0.39, 0.29) is 5.97 Å². The average Bonchev–Trinajstić information content (AvgIpc) is 3.21. The number of nitrogens with one attached hydrogen (secondary N) is 1. The fourth-order valence-corrected chi connectivity index (χ4v) is 2.65. The Morgan fingerprint density at radius 1 is 1.42 bits per heavy atom. The summed E-state index contributed by atoms with van der Waals surface area (Å²) in [6.45, 7) is 10.3. The minimum absolute atomic E-state index is 0.0745. The van der Waals surface area contributed by atoms with Crippen LogP contribution in [0.5, 0.6) is 0 Å². The Kier molecular flexibility index (Phi) is 6.27. The zero-order valence-electron chi connectivity index (χ0n) is 13.2. The maximum atomic E-state index is 12.5. The first kappa shape index (κ1) is 16.4. The Morgan fingerprint density at radius 2 is 2.05 bits per heavy atom. The molecule has 0 bridgehead atoms. The van der Waals surface area contributed by atoms with Crippen molar-refractivity contribution in [1.82, 2.24) is 10.2 Å². The van der Waals surface area contributed by atoms with Crippen LogP contribution in [0.15, 0.2) is 0 Å². The van der Waals surface area contributed by atoms with Gasteiger partial charge in [-0.05, 0) is 52.6 Å². The summed E-state index contributed by atoms with van der Waals surface area (Å²) >= 11 is 0. The number of likely N-dealkylation sites (N-methyl/N-ethyl adjacent to an activating group) is 2. The first-order chi connectivity index (χ1) is 9.01. The highest BCUT2D eigenvalue weighted by atomic mass is 16.5. The third-order valence-electron chi connectivity index (χ3n) is 4.25. The molecule has 0 amide bonds. The van der Waals surface area contributed by atoms with Crippen LogP contribution in [0.4, 0.5) is 0 Å². The average molecular weight is 270 g/mol. The molecule has 19 heavy (non-hydrogen) atoms. The van der Waals surface area contributed by atoms with Gasteiger partial charge in [0.25, 0.3) is 0 Å². The molecule has 1 saturated carbocycles. The van der Waals surface area contributed by atoms with Crippen molar-refractivity contribution in [3.8, 4) is 0 Å². The molecule has 1 fully saturated rings. The predicted octanol–water partition coefficient (Wildman–Crippen LogP) is 2.04. The number of carbonyl (C=O) groups excluding carboxylic acids is 1. The molecule has 1 aliphatic rings. The van der Waals surface area contributed by atoms with Crippen LogP contribution in [0.25, 0.3) is 0 Å². The molecule has 2 atom stereocenters. The van der Waals surface area contributed by atoms with Crippen LogP contribution >= 0.6 is 0 Å². The number of carbonyl (C=O) groups is 1. The third kappa shape index (κ3) is 3.93. The largest absolute Gasteiger partial charge is 0.465 e. The Hall–Kier alpha value is -0.610. The topological polar surface area (TPSA) is 41.6 Å². The summed E-state index contributed by atoms with van der Waals surface area (Å²) in [5.41, 5.74) is -0.511. The number of esters is 1. The maximum Gasteiger partial charge on any atom is 0.327 e. The second-order valence-corrected chi connectivity index (χ2v) is 5.67. The molecule has 4 heteroatoms. The minimum Gasteiger partial charge on any atom is -0.465 e. The molecular formula is C15H30N2O2. The highest BCUT2D eigenvalue weighted by Crippen LogP contribution is 2.41. The number of rotatable bonds is 9. The summed E-state index contributed by atoms with van der Waals surface area (Å²) in [6, 6.07) is 0.478. The smallest absolute Gasteiger partial charge is 0.327 e. The van der Waals surface area contributed by atoms with Crippen molar-refractivity contribution in [2.75, 3.05) is 26.7 Å². The van der Waals surface area contributed by atoms with Crippen molar-refractivity contribution in [1.29, 1.82) is 0 Å². The zero-order valence-corrected chi connectivity index (χ0v) is 13.2. The lowest BCUT2D eigenvalue weighted by Gasteiger charge is -2.38. The van der Waals surface area contributed by atoms with E-state index in [0.717, 1.165) is 32.4 Å². The van der Waals surface area contributed by atoms with E-state index >= 15 is 0 Å². The standard InChI is InChI=1S/C15H30N2O2/c1-6-12(4)17(5)11-15(16-7-2,13-9-10-13)14(18)19-8-3/h12-13,16H,6-11H2,1-5H3. The molecule has 1 aliphatic carbocycles. The second-order valence-electron chi connectivity index (χ2n) is 5.67. The molecule has 0 saturated heterocycles. The molecule has 1 rings (SSSR count). The molecule has 2 unspecified atom stereocenters. The van der Waals surface area contributed by atoms with E-state index in [1.54, 1.807) is 0 Å². The minimum atomic E-state index is -0.511. The molecule has 0 aromatic carbocycles. The van der Waals surface area contributed by atoms with Gasteiger partial charge in [-0.1, -0.05) is 13.8 Å². The summed E-state index contributed by atoms with van der Waals surface area (Å²) in [7, 11) is 2.10. The third-order valence-corrected chi connectivity index (χ3v) is 4.25. The number of nitrogens with zero attached hydrogens (tertiary/aromatic N) is 1. The first-order valence-corrected chi connectivity index (χ1v) is 7.64. The SMILES string of the molecule is CCNC(CN(C)C(C)CC)(C(=O)OCC)C1CC1. The highest BCUT2D eigenvalue weighted by Gasteiger charge is 2.52. The summed E-state index contributed by atoms with van der Waals surface area (Å²) in [6.07, 6.45) is 3.34. The maximum absolute atomic E-state index is 12.5. The molecule has 0 spiro atoms. The van der Waals surface area contributed by atoms with E-state index in [2.05, 4.69) is 38.0 Å². The van der Waals surface area contributed by atoms with Crippen molar-refractivity contribution < 1.29 is 9.53 Å². The van der Waals surface area contributed by atoms with Gasteiger partial charge in [0.15, 0.2) is 0 Å². The molecule has 0 heterocycles. The fourth-order valence-electron chi connectivity index (χ4n) is 2.65. The van der Waals surface area contributed by atoms with Crippen molar-refractivity contribution in [3.63, 3.8) is 0 Å². The van der Waals surface area contributed by atoms with Gasteiger partial charge in [0.05, 0.1) is 6.61 Å². The van der Waals surface area contributed by atoms with Gasteiger partial charge in [0, 0.05) is 12.6 Å². The van der Waals surface area contributed by atoms with Gasteiger partial charge in [0.2, 0.25) is 0 Å². The van der Waals surface area contributed by atoms with Crippen LogP contribution in [0.1, 0.15) is 47.0 Å². The Labute approximate surface area is 117 Å².